The van der Waals surface area contributed by atoms with Crippen LogP contribution in [0, 0.1) is 5.92 Å². The number of benzene rings is 1. The highest BCUT2D eigenvalue weighted by atomic mass is 16.5. The second-order valence-corrected chi connectivity index (χ2v) is 5.11. The van der Waals surface area contributed by atoms with Crippen LogP contribution in [-0.4, -0.2) is 19.2 Å². The van der Waals surface area contributed by atoms with Crippen molar-refractivity contribution in [3.63, 3.8) is 0 Å². The van der Waals surface area contributed by atoms with Gasteiger partial charge in [0.15, 0.2) is 5.78 Å². The predicted molar refractivity (Wildman–Crippen MR) is 64.5 cm³/mol. The molecule has 17 heavy (non-hydrogen) atoms. The van der Waals surface area contributed by atoms with E-state index in [0.29, 0.717) is 17.7 Å². The lowest BCUT2D eigenvalue weighted by Gasteiger charge is -2.34. The molecule has 1 aliphatic carbocycles. The van der Waals surface area contributed by atoms with Crippen molar-refractivity contribution in [3.05, 3.63) is 29.3 Å². The molecule has 0 radical (unpaired) electrons. The summed E-state index contributed by atoms with van der Waals surface area (Å²) in [4.78, 5) is 23.1. The zero-order valence-electron chi connectivity index (χ0n) is 10.3. The second-order valence-electron chi connectivity index (χ2n) is 5.11. The van der Waals surface area contributed by atoms with Crippen LogP contribution in [-0.2, 0) is 10.2 Å². The van der Waals surface area contributed by atoms with E-state index in [1.54, 1.807) is 13.2 Å². The largest absolute Gasteiger partial charge is 0.497 e. The molecule has 3 heteroatoms. The number of fused-ring (bicyclic) bond motifs is 1. The Morgan fingerprint density at radius 2 is 2.12 bits per heavy atom. The Balaban J connectivity index is 2.59. The van der Waals surface area contributed by atoms with E-state index in [1.165, 1.54) is 0 Å². The fourth-order valence-corrected chi connectivity index (χ4v) is 2.51. The molecule has 0 heterocycles. The van der Waals surface area contributed by atoms with Crippen molar-refractivity contribution in [1.29, 1.82) is 0 Å². The number of methoxy groups -OCH3 is 1. The Kier molecular flexibility index (Phi) is 2.77. The molecule has 1 aliphatic rings. The van der Waals surface area contributed by atoms with E-state index in [0.717, 1.165) is 11.8 Å². The summed E-state index contributed by atoms with van der Waals surface area (Å²) in [6, 6.07) is 5.51. The van der Waals surface area contributed by atoms with E-state index in [1.807, 2.05) is 12.1 Å². The molecule has 0 fully saturated rings. The first-order valence-electron chi connectivity index (χ1n) is 5.67. The number of carbonyl (C=O) groups excluding carboxylic acids is 2. The molecule has 0 amide bonds. The van der Waals surface area contributed by atoms with Crippen LogP contribution in [0.4, 0.5) is 0 Å². The highest BCUT2D eigenvalue weighted by Gasteiger charge is 2.38. The SMILES string of the molecule is COc1ccc2c(c1)C(=O)C(C=O)CC2(C)C. The monoisotopic (exact) mass is 232 g/mol. The van der Waals surface area contributed by atoms with E-state index in [4.69, 9.17) is 4.74 Å². The van der Waals surface area contributed by atoms with Gasteiger partial charge < -0.3 is 9.53 Å². The van der Waals surface area contributed by atoms with Gasteiger partial charge in [0.2, 0.25) is 0 Å². The third kappa shape index (κ3) is 1.86. The van der Waals surface area contributed by atoms with Crippen LogP contribution in [0.15, 0.2) is 18.2 Å². The number of aldehydes is 1. The Bertz CT molecular complexity index is 474. The molecule has 0 spiro atoms. The lowest BCUT2D eigenvalue weighted by atomic mass is 9.68. The van der Waals surface area contributed by atoms with Gasteiger partial charge in [-0.2, -0.15) is 0 Å². The van der Waals surface area contributed by atoms with Gasteiger partial charge in [-0.1, -0.05) is 19.9 Å². The van der Waals surface area contributed by atoms with E-state index in [9.17, 15) is 9.59 Å². The molecule has 1 aromatic rings. The summed E-state index contributed by atoms with van der Waals surface area (Å²) in [5.74, 6) is 0.0391. The quantitative estimate of drug-likeness (QED) is 0.580. The fourth-order valence-electron chi connectivity index (χ4n) is 2.51. The highest BCUT2D eigenvalue weighted by molar-refractivity contribution is 6.07. The maximum Gasteiger partial charge on any atom is 0.173 e. The van der Waals surface area contributed by atoms with Crippen molar-refractivity contribution in [2.45, 2.75) is 25.7 Å². The van der Waals surface area contributed by atoms with E-state index in [-0.39, 0.29) is 11.2 Å². The third-order valence-electron chi connectivity index (χ3n) is 3.45. The standard InChI is InChI=1S/C14H16O3/c1-14(2)7-9(8-15)13(16)11-6-10(17-3)4-5-12(11)14/h4-6,8-9H,7H2,1-3H3. The molecule has 3 nitrogen and oxygen atoms in total. The van der Waals surface area contributed by atoms with Gasteiger partial charge in [0.25, 0.3) is 0 Å². The molecular formula is C14H16O3. The molecule has 0 aliphatic heterocycles. The summed E-state index contributed by atoms with van der Waals surface area (Å²) in [5.41, 5.74) is 1.47. The highest BCUT2D eigenvalue weighted by Crippen LogP contribution is 2.40. The number of carbonyl (C=O) groups is 2. The van der Waals surface area contributed by atoms with Crippen LogP contribution in [0.25, 0.3) is 0 Å². The van der Waals surface area contributed by atoms with E-state index >= 15 is 0 Å². The van der Waals surface area contributed by atoms with Crippen LogP contribution in [0.3, 0.4) is 0 Å². The minimum atomic E-state index is -0.524. The Labute approximate surface area is 101 Å². The van der Waals surface area contributed by atoms with Gasteiger partial charge in [-0.15, -0.1) is 0 Å². The number of ketones is 1. The number of rotatable bonds is 2. The minimum absolute atomic E-state index is 0.0896. The molecule has 0 aromatic heterocycles. The van der Waals surface area contributed by atoms with Gasteiger partial charge in [0.05, 0.1) is 13.0 Å². The molecule has 0 saturated carbocycles. The van der Waals surface area contributed by atoms with Crippen LogP contribution < -0.4 is 4.74 Å². The van der Waals surface area contributed by atoms with Crippen LogP contribution in [0.2, 0.25) is 0 Å². The van der Waals surface area contributed by atoms with Crippen molar-refractivity contribution in [1.82, 2.24) is 0 Å². The molecular weight excluding hydrogens is 216 g/mol. The first-order chi connectivity index (χ1) is 7.99. The molecule has 0 N–H and O–H groups in total. The lowest BCUT2D eigenvalue weighted by molar-refractivity contribution is -0.110. The number of ether oxygens (including phenoxy) is 1. The van der Waals surface area contributed by atoms with Gasteiger partial charge in [0.1, 0.15) is 12.0 Å². The molecule has 90 valence electrons. The summed E-state index contributed by atoms with van der Waals surface area (Å²) in [5, 5.41) is 0. The zero-order chi connectivity index (χ0) is 12.6. The maximum absolute atomic E-state index is 12.1. The summed E-state index contributed by atoms with van der Waals surface area (Å²) in [6.45, 7) is 4.11. The Morgan fingerprint density at radius 3 is 2.71 bits per heavy atom. The van der Waals surface area contributed by atoms with Crippen LogP contribution >= 0.6 is 0 Å². The summed E-state index contributed by atoms with van der Waals surface area (Å²) >= 11 is 0. The van der Waals surface area contributed by atoms with Crippen molar-refractivity contribution >= 4 is 12.1 Å². The lowest BCUT2D eigenvalue weighted by Crippen LogP contribution is -2.35. The molecule has 0 bridgehead atoms. The number of hydrogen-bond donors (Lipinski definition) is 0. The number of Topliss-reactive ketones (excluding diaryl/α,β-unsaturated/α-hetero) is 1. The second kappa shape index (κ2) is 3.99. The number of hydrogen-bond acceptors (Lipinski definition) is 3. The van der Waals surface area contributed by atoms with Crippen molar-refractivity contribution in [3.8, 4) is 5.75 Å². The normalized spacial score (nSPS) is 21.8. The summed E-state index contributed by atoms with van der Waals surface area (Å²) in [7, 11) is 1.57. The Morgan fingerprint density at radius 1 is 1.41 bits per heavy atom. The van der Waals surface area contributed by atoms with Crippen molar-refractivity contribution in [2.75, 3.05) is 7.11 Å². The first kappa shape index (κ1) is 11.8. The predicted octanol–water partition coefficient (Wildman–Crippen LogP) is 2.37. The topological polar surface area (TPSA) is 43.4 Å². The van der Waals surface area contributed by atoms with E-state index in [2.05, 4.69) is 13.8 Å². The summed E-state index contributed by atoms with van der Waals surface area (Å²) < 4.78 is 5.13. The average molecular weight is 232 g/mol. The smallest absolute Gasteiger partial charge is 0.173 e. The average Bonchev–Trinajstić information content (AvgIpc) is 2.33. The molecule has 1 aromatic carbocycles. The van der Waals surface area contributed by atoms with Gasteiger partial charge in [-0.05, 0) is 29.5 Å². The Hall–Kier alpha value is -1.64. The summed E-state index contributed by atoms with van der Waals surface area (Å²) in [6.07, 6.45) is 1.33. The first-order valence-corrected chi connectivity index (χ1v) is 5.67. The van der Waals surface area contributed by atoms with Gasteiger partial charge in [-0.3, -0.25) is 4.79 Å². The van der Waals surface area contributed by atoms with Crippen LogP contribution in [0.1, 0.15) is 36.2 Å². The van der Waals surface area contributed by atoms with Crippen LogP contribution in [0.5, 0.6) is 5.75 Å². The molecule has 2 rings (SSSR count). The minimum Gasteiger partial charge on any atom is -0.497 e. The molecule has 0 saturated heterocycles. The van der Waals surface area contributed by atoms with Crippen molar-refractivity contribution < 1.29 is 14.3 Å². The zero-order valence-corrected chi connectivity index (χ0v) is 10.3. The van der Waals surface area contributed by atoms with Gasteiger partial charge >= 0.3 is 0 Å². The van der Waals surface area contributed by atoms with Gasteiger partial charge in [-0.25, -0.2) is 0 Å². The molecule has 1 atom stereocenters. The van der Waals surface area contributed by atoms with Crippen molar-refractivity contribution in [2.24, 2.45) is 5.92 Å². The van der Waals surface area contributed by atoms with E-state index < -0.39 is 5.92 Å². The third-order valence-corrected chi connectivity index (χ3v) is 3.45. The maximum atomic E-state index is 12.1. The fraction of sp³-hybridized carbons (Fsp3) is 0.429. The van der Waals surface area contributed by atoms with Gasteiger partial charge in [0, 0.05) is 5.56 Å². The molecule has 1 unspecified atom stereocenters.